The lowest BCUT2D eigenvalue weighted by Gasteiger charge is -2.32. The zero-order valence-corrected chi connectivity index (χ0v) is 11.5. The van der Waals surface area contributed by atoms with Crippen molar-refractivity contribution < 1.29 is 5.11 Å². The molecule has 1 atom stereocenters. The quantitative estimate of drug-likeness (QED) is 0.906. The summed E-state index contributed by atoms with van der Waals surface area (Å²) in [5, 5.41) is 14.8. The number of hydrogen-bond donors (Lipinski definition) is 1. The maximum atomic E-state index is 10.2. The Balaban J connectivity index is 1.50. The summed E-state index contributed by atoms with van der Waals surface area (Å²) in [5.41, 5.74) is 2.21. The number of nitrogens with zero attached hydrogens (tertiary/aromatic N) is 3. The van der Waals surface area contributed by atoms with Gasteiger partial charge in [-0.2, -0.15) is 5.10 Å². The van der Waals surface area contributed by atoms with Crippen molar-refractivity contribution in [2.75, 3.05) is 6.54 Å². The maximum absolute atomic E-state index is 10.2. The van der Waals surface area contributed by atoms with Gasteiger partial charge < -0.3 is 5.11 Å². The summed E-state index contributed by atoms with van der Waals surface area (Å²) < 4.78 is 2.12. The predicted octanol–water partition coefficient (Wildman–Crippen LogP) is 2.08. The molecule has 2 saturated carbocycles. The number of aliphatic hydroxyl groups excluding tert-OH is 1. The predicted molar refractivity (Wildman–Crippen MR) is 72.6 cm³/mol. The molecule has 0 aromatic carbocycles. The molecule has 1 aliphatic heterocycles. The SMILES string of the molecule is OC(c1cc2n(n1)CCN(C1CCCC1)C2)C1CC1. The number of aromatic nitrogens is 2. The van der Waals surface area contributed by atoms with Crippen molar-refractivity contribution in [1.82, 2.24) is 14.7 Å². The minimum Gasteiger partial charge on any atom is -0.386 e. The van der Waals surface area contributed by atoms with E-state index in [0.717, 1.165) is 44.2 Å². The number of rotatable bonds is 3. The third kappa shape index (κ3) is 2.21. The molecule has 2 aliphatic carbocycles. The molecule has 2 fully saturated rings. The molecule has 0 spiro atoms. The smallest absolute Gasteiger partial charge is 0.101 e. The topological polar surface area (TPSA) is 41.3 Å². The first kappa shape index (κ1) is 11.9. The van der Waals surface area contributed by atoms with Gasteiger partial charge in [0.25, 0.3) is 0 Å². The van der Waals surface area contributed by atoms with Crippen molar-refractivity contribution in [3.63, 3.8) is 0 Å². The first-order valence-corrected chi connectivity index (χ1v) is 7.80. The van der Waals surface area contributed by atoms with E-state index >= 15 is 0 Å². The van der Waals surface area contributed by atoms with E-state index in [1.807, 2.05) is 0 Å². The normalized spacial score (nSPS) is 26.6. The molecule has 4 rings (SSSR count). The lowest BCUT2D eigenvalue weighted by Crippen LogP contribution is -2.39. The summed E-state index contributed by atoms with van der Waals surface area (Å²) in [6.45, 7) is 3.14. The summed E-state index contributed by atoms with van der Waals surface area (Å²) in [4.78, 5) is 2.62. The Morgan fingerprint density at radius 2 is 1.95 bits per heavy atom. The number of aliphatic hydroxyl groups is 1. The largest absolute Gasteiger partial charge is 0.386 e. The molecule has 1 aromatic heterocycles. The first-order chi connectivity index (χ1) is 9.31. The van der Waals surface area contributed by atoms with Gasteiger partial charge in [-0.15, -0.1) is 0 Å². The maximum Gasteiger partial charge on any atom is 0.101 e. The van der Waals surface area contributed by atoms with Crippen LogP contribution in [0.1, 0.15) is 56.0 Å². The van der Waals surface area contributed by atoms with Gasteiger partial charge in [-0.05, 0) is 37.7 Å². The minimum atomic E-state index is -0.321. The molecular weight excluding hydrogens is 238 g/mol. The van der Waals surface area contributed by atoms with Crippen molar-refractivity contribution in [2.24, 2.45) is 5.92 Å². The van der Waals surface area contributed by atoms with Gasteiger partial charge in [0.05, 0.1) is 17.9 Å². The van der Waals surface area contributed by atoms with Crippen LogP contribution in [0.25, 0.3) is 0 Å². The minimum absolute atomic E-state index is 0.321. The second kappa shape index (κ2) is 4.60. The fraction of sp³-hybridized carbons (Fsp3) is 0.800. The fourth-order valence-corrected chi connectivity index (χ4v) is 3.69. The van der Waals surface area contributed by atoms with Gasteiger partial charge in [-0.1, -0.05) is 12.8 Å². The van der Waals surface area contributed by atoms with Crippen LogP contribution < -0.4 is 0 Å². The number of hydrogen-bond acceptors (Lipinski definition) is 3. The Labute approximate surface area is 114 Å². The van der Waals surface area contributed by atoms with E-state index in [0.29, 0.717) is 5.92 Å². The fourth-order valence-electron chi connectivity index (χ4n) is 3.69. The van der Waals surface area contributed by atoms with Crippen LogP contribution in [0.4, 0.5) is 0 Å². The van der Waals surface area contributed by atoms with Crippen molar-refractivity contribution in [3.05, 3.63) is 17.5 Å². The standard InChI is InChI=1S/C15H23N3O/c19-15(11-5-6-11)14-9-13-10-17(7-8-18(13)16-14)12-3-1-2-4-12/h9,11-12,15,19H,1-8,10H2. The van der Waals surface area contributed by atoms with Crippen LogP contribution in [0.15, 0.2) is 6.07 Å². The highest BCUT2D eigenvalue weighted by Crippen LogP contribution is 2.40. The highest BCUT2D eigenvalue weighted by atomic mass is 16.3. The van der Waals surface area contributed by atoms with Gasteiger partial charge in [-0.3, -0.25) is 9.58 Å². The van der Waals surface area contributed by atoms with Gasteiger partial charge in [0.2, 0.25) is 0 Å². The van der Waals surface area contributed by atoms with E-state index in [1.54, 1.807) is 0 Å². The molecule has 3 aliphatic rings. The van der Waals surface area contributed by atoms with E-state index in [2.05, 4.69) is 20.7 Å². The Morgan fingerprint density at radius 3 is 2.68 bits per heavy atom. The average Bonchev–Trinajstić information content (AvgIpc) is 2.98. The molecule has 0 radical (unpaired) electrons. The van der Waals surface area contributed by atoms with Crippen LogP contribution >= 0.6 is 0 Å². The van der Waals surface area contributed by atoms with Gasteiger partial charge in [0.15, 0.2) is 0 Å². The molecular formula is C15H23N3O. The zero-order chi connectivity index (χ0) is 12.8. The Kier molecular flexibility index (Phi) is 2.88. The molecule has 1 aromatic rings. The van der Waals surface area contributed by atoms with Crippen LogP contribution in [0.5, 0.6) is 0 Å². The van der Waals surface area contributed by atoms with Gasteiger partial charge in [0.1, 0.15) is 6.10 Å². The Bertz CT molecular complexity index is 460. The highest BCUT2D eigenvalue weighted by molar-refractivity contribution is 5.16. The van der Waals surface area contributed by atoms with E-state index in [4.69, 9.17) is 0 Å². The molecule has 0 amide bonds. The summed E-state index contributed by atoms with van der Waals surface area (Å²) in [6, 6.07) is 2.94. The van der Waals surface area contributed by atoms with Crippen molar-refractivity contribution in [2.45, 2.75) is 63.8 Å². The van der Waals surface area contributed by atoms with Crippen LogP contribution in [-0.4, -0.2) is 32.4 Å². The third-order valence-electron chi connectivity index (χ3n) is 5.06. The van der Waals surface area contributed by atoms with E-state index in [-0.39, 0.29) is 6.10 Å². The Hall–Kier alpha value is -0.870. The molecule has 0 saturated heterocycles. The summed E-state index contributed by atoms with van der Waals surface area (Å²) >= 11 is 0. The average molecular weight is 261 g/mol. The second-order valence-corrected chi connectivity index (χ2v) is 6.47. The molecule has 1 unspecified atom stereocenters. The van der Waals surface area contributed by atoms with E-state index in [9.17, 15) is 5.11 Å². The molecule has 104 valence electrons. The summed E-state index contributed by atoms with van der Waals surface area (Å²) in [7, 11) is 0. The van der Waals surface area contributed by atoms with Crippen molar-refractivity contribution in [1.29, 1.82) is 0 Å². The van der Waals surface area contributed by atoms with E-state index in [1.165, 1.54) is 31.4 Å². The summed E-state index contributed by atoms with van der Waals surface area (Å²) in [6.07, 6.45) is 7.53. The van der Waals surface area contributed by atoms with Gasteiger partial charge >= 0.3 is 0 Å². The molecule has 1 N–H and O–H groups in total. The monoisotopic (exact) mass is 261 g/mol. The Morgan fingerprint density at radius 1 is 1.16 bits per heavy atom. The van der Waals surface area contributed by atoms with Gasteiger partial charge in [0, 0.05) is 19.1 Å². The third-order valence-corrected chi connectivity index (χ3v) is 5.06. The molecule has 0 bridgehead atoms. The lowest BCUT2D eigenvalue weighted by atomic mass is 10.1. The summed E-state index contributed by atoms with van der Waals surface area (Å²) in [5.74, 6) is 0.475. The molecule has 19 heavy (non-hydrogen) atoms. The molecule has 4 heteroatoms. The van der Waals surface area contributed by atoms with Crippen molar-refractivity contribution in [3.8, 4) is 0 Å². The zero-order valence-electron chi connectivity index (χ0n) is 11.5. The van der Waals surface area contributed by atoms with Crippen LogP contribution in [0, 0.1) is 5.92 Å². The van der Waals surface area contributed by atoms with Crippen LogP contribution in [0.2, 0.25) is 0 Å². The lowest BCUT2D eigenvalue weighted by molar-refractivity contribution is 0.143. The van der Waals surface area contributed by atoms with Gasteiger partial charge in [-0.25, -0.2) is 0 Å². The number of fused-ring (bicyclic) bond motifs is 1. The van der Waals surface area contributed by atoms with E-state index < -0.39 is 0 Å². The van der Waals surface area contributed by atoms with Crippen LogP contribution in [-0.2, 0) is 13.1 Å². The van der Waals surface area contributed by atoms with Crippen LogP contribution in [0.3, 0.4) is 0 Å². The first-order valence-electron chi connectivity index (χ1n) is 7.80. The van der Waals surface area contributed by atoms with Crippen molar-refractivity contribution >= 4 is 0 Å². The molecule has 2 heterocycles. The molecule has 4 nitrogen and oxygen atoms in total. The highest BCUT2D eigenvalue weighted by Gasteiger charge is 2.34. The second-order valence-electron chi connectivity index (χ2n) is 6.47.